The van der Waals surface area contributed by atoms with Crippen LogP contribution in [-0.2, 0) is 23.8 Å². The van der Waals surface area contributed by atoms with E-state index >= 15 is 0 Å². The lowest BCUT2D eigenvalue weighted by Crippen LogP contribution is -2.48. The van der Waals surface area contributed by atoms with E-state index in [1.165, 1.54) is 20.8 Å². The molecule has 1 unspecified atom stereocenters. The summed E-state index contributed by atoms with van der Waals surface area (Å²) in [4.78, 5) is 0. The van der Waals surface area contributed by atoms with E-state index in [9.17, 15) is 17.2 Å². The predicted molar refractivity (Wildman–Crippen MR) is 66.6 cm³/mol. The molecule has 0 amide bonds. The molecule has 0 aliphatic carbocycles. The third kappa shape index (κ3) is 7.14. The standard InChI is InChI=1S/C11H22F2O5S/c1-6-16-9(2)18-10(3,4)11(12,13)7-8-17-19(5,14)15/h9H,6-8H2,1-5H3. The lowest BCUT2D eigenvalue weighted by atomic mass is 9.97. The zero-order chi connectivity index (χ0) is 15.3. The fourth-order valence-corrected chi connectivity index (χ4v) is 1.78. The Labute approximate surface area is 113 Å². The van der Waals surface area contributed by atoms with Gasteiger partial charge in [0.1, 0.15) is 5.60 Å². The molecular weight excluding hydrogens is 282 g/mol. The molecule has 0 fully saturated rings. The highest BCUT2D eigenvalue weighted by molar-refractivity contribution is 7.85. The molecule has 0 aromatic carbocycles. The Morgan fingerprint density at radius 2 is 1.79 bits per heavy atom. The summed E-state index contributed by atoms with van der Waals surface area (Å²) in [6, 6.07) is 0. The molecule has 116 valence electrons. The molecule has 0 saturated heterocycles. The quantitative estimate of drug-likeness (QED) is 0.482. The summed E-state index contributed by atoms with van der Waals surface area (Å²) in [5, 5.41) is 0. The van der Waals surface area contributed by atoms with Crippen LogP contribution < -0.4 is 0 Å². The average Bonchev–Trinajstić information content (AvgIpc) is 2.13. The molecule has 0 heterocycles. The van der Waals surface area contributed by atoms with Gasteiger partial charge in [0.2, 0.25) is 0 Å². The number of ether oxygens (including phenoxy) is 2. The normalized spacial score (nSPS) is 15.5. The Hall–Kier alpha value is -0.310. The van der Waals surface area contributed by atoms with Crippen LogP contribution in [0, 0.1) is 0 Å². The number of halogens is 2. The van der Waals surface area contributed by atoms with Gasteiger partial charge in [-0.3, -0.25) is 4.18 Å². The molecule has 0 aromatic rings. The van der Waals surface area contributed by atoms with Crippen LogP contribution in [0.4, 0.5) is 8.78 Å². The molecule has 0 saturated carbocycles. The topological polar surface area (TPSA) is 61.8 Å². The van der Waals surface area contributed by atoms with Crippen molar-refractivity contribution in [2.75, 3.05) is 19.5 Å². The highest BCUT2D eigenvalue weighted by atomic mass is 32.2. The highest BCUT2D eigenvalue weighted by Gasteiger charge is 2.48. The molecule has 0 radical (unpaired) electrons. The van der Waals surface area contributed by atoms with E-state index in [-0.39, 0.29) is 0 Å². The SMILES string of the molecule is CCOC(C)OC(C)(C)C(F)(F)CCOS(C)(=O)=O. The summed E-state index contributed by atoms with van der Waals surface area (Å²) in [6.07, 6.45) is -0.725. The van der Waals surface area contributed by atoms with E-state index < -0.39 is 41.0 Å². The Morgan fingerprint density at radius 1 is 1.26 bits per heavy atom. The molecule has 0 bridgehead atoms. The van der Waals surface area contributed by atoms with Crippen molar-refractivity contribution in [3.63, 3.8) is 0 Å². The van der Waals surface area contributed by atoms with Gasteiger partial charge in [0, 0.05) is 13.0 Å². The van der Waals surface area contributed by atoms with Crippen molar-refractivity contribution in [1.29, 1.82) is 0 Å². The van der Waals surface area contributed by atoms with E-state index in [1.807, 2.05) is 0 Å². The van der Waals surface area contributed by atoms with Crippen LogP contribution in [-0.4, -0.2) is 45.7 Å². The van der Waals surface area contributed by atoms with E-state index in [4.69, 9.17) is 9.47 Å². The van der Waals surface area contributed by atoms with Gasteiger partial charge in [0.25, 0.3) is 16.0 Å². The van der Waals surface area contributed by atoms with E-state index in [1.54, 1.807) is 6.92 Å². The molecular formula is C11H22F2O5S. The molecule has 0 aromatic heterocycles. The average molecular weight is 304 g/mol. The number of hydrogen-bond acceptors (Lipinski definition) is 5. The van der Waals surface area contributed by atoms with Gasteiger partial charge in [-0.2, -0.15) is 8.42 Å². The lowest BCUT2D eigenvalue weighted by Gasteiger charge is -2.36. The van der Waals surface area contributed by atoms with Gasteiger partial charge in [0.05, 0.1) is 12.9 Å². The van der Waals surface area contributed by atoms with Gasteiger partial charge < -0.3 is 9.47 Å². The first kappa shape index (κ1) is 18.7. The van der Waals surface area contributed by atoms with Crippen LogP contribution in [0.1, 0.15) is 34.1 Å². The van der Waals surface area contributed by atoms with Crippen LogP contribution in [0.25, 0.3) is 0 Å². The molecule has 0 rings (SSSR count). The van der Waals surface area contributed by atoms with Crippen molar-refractivity contribution in [2.24, 2.45) is 0 Å². The van der Waals surface area contributed by atoms with Crippen molar-refractivity contribution >= 4 is 10.1 Å². The first-order chi connectivity index (χ1) is 8.41. The maximum Gasteiger partial charge on any atom is 0.278 e. The molecule has 0 aliphatic heterocycles. The smallest absolute Gasteiger partial charge is 0.278 e. The summed E-state index contributed by atoms with van der Waals surface area (Å²) >= 11 is 0. The maximum atomic E-state index is 13.9. The van der Waals surface area contributed by atoms with Crippen molar-refractivity contribution < 1.29 is 30.9 Å². The monoisotopic (exact) mass is 304 g/mol. The molecule has 1 atom stereocenters. The van der Waals surface area contributed by atoms with E-state index in [0.717, 1.165) is 6.26 Å². The Morgan fingerprint density at radius 3 is 2.21 bits per heavy atom. The predicted octanol–water partition coefficient (Wildman–Crippen LogP) is 2.17. The summed E-state index contributed by atoms with van der Waals surface area (Å²) < 4.78 is 63.8. The summed E-state index contributed by atoms with van der Waals surface area (Å²) in [6.45, 7) is 5.45. The summed E-state index contributed by atoms with van der Waals surface area (Å²) in [5.41, 5.74) is -1.79. The molecule has 8 heteroatoms. The van der Waals surface area contributed by atoms with E-state index in [2.05, 4.69) is 4.18 Å². The zero-order valence-corrected chi connectivity index (χ0v) is 12.7. The fourth-order valence-electron chi connectivity index (χ4n) is 1.39. The largest absolute Gasteiger partial charge is 0.353 e. The van der Waals surface area contributed by atoms with Gasteiger partial charge in [-0.1, -0.05) is 0 Å². The van der Waals surface area contributed by atoms with Gasteiger partial charge >= 0.3 is 0 Å². The van der Waals surface area contributed by atoms with Crippen molar-refractivity contribution in [3.05, 3.63) is 0 Å². The second-order valence-electron chi connectivity index (χ2n) is 4.63. The second kappa shape index (κ2) is 6.92. The highest BCUT2D eigenvalue weighted by Crippen LogP contribution is 2.35. The third-order valence-electron chi connectivity index (χ3n) is 2.46. The zero-order valence-electron chi connectivity index (χ0n) is 11.9. The minimum absolute atomic E-state index is 0.347. The number of rotatable bonds is 9. The molecule has 0 aliphatic rings. The van der Waals surface area contributed by atoms with Crippen LogP contribution in [0.2, 0.25) is 0 Å². The first-order valence-corrected chi connectivity index (χ1v) is 7.74. The van der Waals surface area contributed by atoms with Gasteiger partial charge in [0.15, 0.2) is 6.29 Å². The summed E-state index contributed by atoms with van der Waals surface area (Å²) in [5.74, 6) is -3.25. The van der Waals surface area contributed by atoms with Crippen molar-refractivity contribution in [1.82, 2.24) is 0 Å². The Kier molecular flexibility index (Phi) is 6.80. The molecule has 19 heavy (non-hydrogen) atoms. The van der Waals surface area contributed by atoms with Gasteiger partial charge in [-0.05, 0) is 27.7 Å². The number of hydrogen-bond donors (Lipinski definition) is 0. The maximum absolute atomic E-state index is 13.9. The summed E-state index contributed by atoms with van der Waals surface area (Å²) in [7, 11) is -3.72. The minimum Gasteiger partial charge on any atom is -0.353 e. The minimum atomic E-state index is -3.72. The Bertz CT molecular complexity index is 367. The molecule has 0 N–H and O–H groups in total. The van der Waals surface area contributed by atoms with Crippen LogP contribution in [0.3, 0.4) is 0 Å². The van der Waals surface area contributed by atoms with Crippen molar-refractivity contribution in [2.45, 2.75) is 51.9 Å². The van der Waals surface area contributed by atoms with Gasteiger partial charge in [-0.25, -0.2) is 8.78 Å². The fraction of sp³-hybridized carbons (Fsp3) is 1.00. The van der Waals surface area contributed by atoms with Crippen LogP contribution in [0.5, 0.6) is 0 Å². The van der Waals surface area contributed by atoms with E-state index in [0.29, 0.717) is 6.61 Å². The number of alkyl halides is 2. The van der Waals surface area contributed by atoms with Gasteiger partial charge in [-0.15, -0.1) is 0 Å². The Balaban J connectivity index is 4.50. The van der Waals surface area contributed by atoms with Crippen LogP contribution >= 0.6 is 0 Å². The second-order valence-corrected chi connectivity index (χ2v) is 6.28. The molecule has 5 nitrogen and oxygen atoms in total. The molecule has 0 spiro atoms. The third-order valence-corrected chi connectivity index (χ3v) is 3.05. The first-order valence-electron chi connectivity index (χ1n) is 5.93. The lowest BCUT2D eigenvalue weighted by molar-refractivity contribution is -0.264. The van der Waals surface area contributed by atoms with Crippen molar-refractivity contribution in [3.8, 4) is 0 Å². The van der Waals surface area contributed by atoms with Crippen LogP contribution in [0.15, 0.2) is 0 Å².